The van der Waals surface area contributed by atoms with Crippen molar-refractivity contribution in [2.24, 2.45) is 0 Å². The molecule has 1 aliphatic heterocycles. The van der Waals surface area contributed by atoms with E-state index in [1.807, 2.05) is 0 Å². The quantitative estimate of drug-likeness (QED) is 0.763. The zero-order valence-electron chi connectivity index (χ0n) is 9.17. The Hall–Kier alpha value is -1.02. The van der Waals surface area contributed by atoms with E-state index in [-0.39, 0.29) is 0 Å². The minimum absolute atomic E-state index is 0.677. The fourth-order valence-corrected chi connectivity index (χ4v) is 1.95. The first-order valence-electron chi connectivity index (χ1n) is 5.19. The molecule has 0 aliphatic carbocycles. The summed E-state index contributed by atoms with van der Waals surface area (Å²) in [4.78, 5) is 2.38. The molecule has 0 bridgehead atoms. The maximum atomic E-state index is 3.30. The average molecular weight is 190 g/mol. The van der Waals surface area contributed by atoms with Crippen LogP contribution >= 0.6 is 0 Å². The van der Waals surface area contributed by atoms with E-state index in [1.54, 1.807) is 0 Å². The molecule has 1 N–H and O–H groups in total. The van der Waals surface area contributed by atoms with Crippen LogP contribution in [-0.4, -0.2) is 26.2 Å². The third-order valence-corrected chi connectivity index (χ3v) is 3.04. The zero-order valence-corrected chi connectivity index (χ0v) is 9.17. The van der Waals surface area contributed by atoms with Gasteiger partial charge in [-0.05, 0) is 25.5 Å². The molecule has 2 rings (SSSR count). The molecule has 0 aromatic heterocycles. The fourth-order valence-electron chi connectivity index (χ4n) is 1.95. The van der Waals surface area contributed by atoms with E-state index in [4.69, 9.17) is 0 Å². The molecule has 1 aromatic rings. The monoisotopic (exact) mass is 190 g/mol. The van der Waals surface area contributed by atoms with Crippen LogP contribution in [0.2, 0.25) is 0 Å². The van der Waals surface area contributed by atoms with E-state index >= 15 is 0 Å². The summed E-state index contributed by atoms with van der Waals surface area (Å²) < 4.78 is 0. The minimum Gasteiger partial charge on any atom is -0.369 e. The lowest BCUT2D eigenvalue weighted by Crippen LogP contribution is -2.56. The SMILES string of the molecule is Cc1ccc(N(C)C2CNC2)c(C)c1. The first kappa shape index (κ1) is 9.53. The summed E-state index contributed by atoms with van der Waals surface area (Å²) in [5.41, 5.74) is 4.08. The highest BCUT2D eigenvalue weighted by Gasteiger charge is 2.22. The van der Waals surface area contributed by atoms with E-state index in [1.165, 1.54) is 16.8 Å². The highest BCUT2D eigenvalue weighted by atomic mass is 15.2. The molecule has 0 unspecified atom stereocenters. The molecule has 14 heavy (non-hydrogen) atoms. The van der Waals surface area contributed by atoms with Crippen molar-refractivity contribution in [3.05, 3.63) is 29.3 Å². The Bertz CT molecular complexity index is 329. The lowest BCUT2D eigenvalue weighted by molar-refractivity contribution is 0.428. The lowest BCUT2D eigenvalue weighted by atomic mass is 10.1. The molecular weight excluding hydrogens is 172 g/mol. The number of hydrogen-bond acceptors (Lipinski definition) is 2. The second-order valence-corrected chi connectivity index (χ2v) is 4.21. The van der Waals surface area contributed by atoms with Gasteiger partial charge in [-0.25, -0.2) is 0 Å². The van der Waals surface area contributed by atoms with E-state index in [0.717, 1.165) is 13.1 Å². The van der Waals surface area contributed by atoms with E-state index in [0.29, 0.717) is 6.04 Å². The third-order valence-electron chi connectivity index (χ3n) is 3.04. The highest BCUT2D eigenvalue weighted by molar-refractivity contribution is 5.55. The molecule has 1 heterocycles. The summed E-state index contributed by atoms with van der Waals surface area (Å²) in [6, 6.07) is 7.34. The van der Waals surface area contributed by atoms with E-state index in [9.17, 15) is 0 Å². The second kappa shape index (κ2) is 3.62. The molecule has 0 spiro atoms. The molecule has 2 nitrogen and oxygen atoms in total. The van der Waals surface area contributed by atoms with Gasteiger partial charge >= 0.3 is 0 Å². The van der Waals surface area contributed by atoms with E-state index < -0.39 is 0 Å². The summed E-state index contributed by atoms with van der Waals surface area (Å²) >= 11 is 0. The van der Waals surface area contributed by atoms with Crippen LogP contribution in [0.25, 0.3) is 0 Å². The van der Waals surface area contributed by atoms with Gasteiger partial charge in [-0.15, -0.1) is 0 Å². The second-order valence-electron chi connectivity index (χ2n) is 4.21. The number of nitrogens with one attached hydrogen (secondary N) is 1. The Morgan fingerprint density at radius 3 is 2.50 bits per heavy atom. The van der Waals surface area contributed by atoms with Crippen LogP contribution in [0.15, 0.2) is 18.2 Å². The smallest absolute Gasteiger partial charge is 0.0535 e. The molecular formula is C12H18N2. The standard InChI is InChI=1S/C12H18N2/c1-9-4-5-12(10(2)6-9)14(3)11-7-13-8-11/h4-6,11,13H,7-8H2,1-3H3. The Labute approximate surface area is 85.9 Å². The van der Waals surface area contributed by atoms with Crippen molar-refractivity contribution in [3.63, 3.8) is 0 Å². The maximum Gasteiger partial charge on any atom is 0.0535 e. The number of rotatable bonds is 2. The van der Waals surface area contributed by atoms with Gasteiger partial charge in [-0.2, -0.15) is 0 Å². The number of nitrogens with zero attached hydrogens (tertiary/aromatic N) is 1. The van der Waals surface area contributed by atoms with Gasteiger partial charge in [0.1, 0.15) is 0 Å². The zero-order chi connectivity index (χ0) is 10.1. The normalized spacial score (nSPS) is 16.5. The van der Waals surface area contributed by atoms with Crippen molar-refractivity contribution in [1.82, 2.24) is 5.32 Å². The van der Waals surface area contributed by atoms with Crippen LogP contribution in [0.1, 0.15) is 11.1 Å². The van der Waals surface area contributed by atoms with Gasteiger partial charge in [-0.3, -0.25) is 0 Å². The van der Waals surface area contributed by atoms with Gasteiger partial charge in [0.05, 0.1) is 6.04 Å². The maximum absolute atomic E-state index is 3.30. The molecule has 1 aromatic carbocycles. The molecule has 0 atom stereocenters. The van der Waals surface area contributed by atoms with Gasteiger partial charge < -0.3 is 10.2 Å². The van der Waals surface area contributed by atoms with Crippen molar-refractivity contribution >= 4 is 5.69 Å². The topological polar surface area (TPSA) is 15.3 Å². The van der Waals surface area contributed by atoms with Gasteiger partial charge in [0.15, 0.2) is 0 Å². The summed E-state index contributed by atoms with van der Waals surface area (Å²) in [6.07, 6.45) is 0. The van der Waals surface area contributed by atoms with Crippen LogP contribution in [0.4, 0.5) is 5.69 Å². The van der Waals surface area contributed by atoms with E-state index in [2.05, 4.69) is 49.3 Å². The largest absolute Gasteiger partial charge is 0.369 e. The Kier molecular flexibility index (Phi) is 2.46. The molecule has 0 amide bonds. The van der Waals surface area contributed by atoms with Crippen LogP contribution in [0.5, 0.6) is 0 Å². The first-order valence-corrected chi connectivity index (χ1v) is 5.19. The summed E-state index contributed by atoms with van der Waals surface area (Å²) in [7, 11) is 2.18. The Morgan fingerprint density at radius 2 is 2.00 bits per heavy atom. The number of hydrogen-bond donors (Lipinski definition) is 1. The summed E-state index contributed by atoms with van der Waals surface area (Å²) in [5.74, 6) is 0. The number of benzene rings is 1. The number of aryl methyl sites for hydroxylation is 2. The predicted octanol–water partition coefficient (Wildman–Crippen LogP) is 1.71. The average Bonchev–Trinajstić information content (AvgIpc) is 2.00. The van der Waals surface area contributed by atoms with Gasteiger partial charge in [0.25, 0.3) is 0 Å². The molecule has 2 heteroatoms. The summed E-state index contributed by atoms with van der Waals surface area (Å²) in [6.45, 7) is 6.56. The van der Waals surface area contributed by atoms with Crippen molar-refractivity contribution in [3.8, 4) is 0 Å². The highest BCUT2D eigenvalue weighted by Crippen LogP contribution is 2.22. The van der Waals surface area contributed by atoms with Crippen molar-refractivity contribution < 1.29 is 0 Å². The van der Waals surface area contributed by atoms with Crippen LogP contribution in [0, 0.1) is 13.8 Å². The first-order chi connectivity index (χ1) is 6.68. The predicted molar refractivity (Wildman–Crippen MR) is 61.0 cm³/mol. The van der Waals surface area contributed by atoms with Crippen LogP contribution in [-0.2, 0) is 0 Å². The number of likely N-dealkylation sites (N-methyl/N-ethyl adjacent to an activating group) is 1. The molecule has 76 valence electrons. The molecule has 1 fully saturated rings. The molecule has 0 radical (unpaired) electrons. The lowest BCUT2D eigenvalue weighted by Gasteiger charge is -2.38. The van der Waals surface area contributed by atoms with Crippen LogP contribution < -0.4 is 10.2 Å². The van der Waals surface area contributed by atoms with Gasteiger partial charge in [0.2, 0.25) is 0 Å². The number of anilines is 1. The van der Waals surface area contributed by atoms with Crippen molar-refractivity contribution in [2.75, 3.05) is 25.0 Å². The van der Waals surface area contributed by atoms with Gasteiger partial charge in [-0.1, -0.05) is 17.7 Å². The molecule has 1 saturated heterocycles. The summed E-state index contributed by atoms with van der Waals surface area (Å²) in [5, 5.41) is 3.30. The molecule has 1 aliphatic rings. The van der Waals surface area contributed by atoms with Crippen molar-refractivity contribution in [1.29, 1.82) is 0 Å². The van der Waals surface area contributed by atoms with Gasteiger partial charge in [0, 0.05) is 25.8 Å². The third kappa shape index (κ3) is 1.62. The Morgan fingerprint density at radius 1 is 1.29 bits per heavy atom. The Balaban J connectivity index is 2.22. The fraction of sp³-hybridized carbons (Fsp3) is 0.500. The minimum atomic E-state index is 0.677. The molecule has 0 saturated carbocycles. The van der Waals surface area contributed by atoms with Crippen molar-refractivity contribution in [2.45, 2.75) is 19.9 Å². The van der Waals surface area contributed by atoms with Crippen LogP contribution in [0.3, 0.4) is 0 Å².